The van der Waals surface area contributed by atoms with E-state index in [0.717, 1.165) is 0 Å². The minimum atomic E-state index is -1.06. The van der Waals surface area contributed by atoms with E-state index < -0.39 is 12.2 Å². The summed E-state index contributed by atoms with van der Waals surface area (Å²) in [5.74, 6) is 0.295. The van der Waals surface area contributed by atoms with Crippen LogP contribution < -0.4 is 0 Å². The number of aliphatic hydroxyl groups is 2. The third kappa shape index (κ3) is 2.83. The molecule has 1 rings (SSSR count). The van der Waals surface area contributed by atoms with Crippen LogP contribution in [0.1, 0.15) is 18.2 Å². The molecule has 0 radical (unpaired) electrons. The van der Waals surface area contributed by atoms with Crippen LogP contribution in [0.4, 0.5) is 0 Å². The van der Waals surface area contributed by atoms with Gasteiger partial charge in [0.1, 0.15) is 11.9 Å². The predicted octanol–water partition coefficient (Wildman–Crippen LogP) is 0.810. The summed E-state index contributed by atoms with van der Waals surface area (Å²) in [6.07, 6.45) is -0.476. The van der Waals surface area contributed by atoms with Gasteiger partial charge in [-0.05, 0) is 18.6 Å². The molecule has 1 aromatic rings. The van der Waals surface area contributed by atoms with E-state index in [4.69, 9.17) is 16.7 Å². The van der Waals surface area contributed by atoms with E-state index in [1.807, 2.05) is 0 Å². The third-order valence-electron chi connectivity index (χ3n) is 1.84. The molecule has 0 spiro atoms. The van der Waals surface area contributed by atoms with Crippen molar-refractivity contribution in [3.8, 4) is 5.75 Å². The van der Waals surface area contributed by atoms with Crippen molar-refractivity contribution in [2.24, 2.45) is 0 Å². The topological polar surface area (TPSA) is 73.6 Å². The van der Waals surface area contributed by atoms with Gasteiger partial charge in [-0.2, -0.15) is 0 Å². The first-order chi connectivity index (χ1) is 6.65. The summed E-state index contributed by atoms with van der Waals surface area (Å²) < 4.78 is 0. The Hall–Kier alpha value is -0.840. The third-order valence-corrected chi connectivity index (χ3v) is 2.06. The summed E-state index contributed by atoms with van der Waals surface area (Å²) in [5.41, 5.74) is 0.320. The van der Waals surface area contributed by atoms with E-state index in [1.165, 1.54) is 18.3 Å². The SMILES string of the molecule is Oc1ccc(C(O)C(O)CCCl)nc1. The molecule has 0 aliphatic carbocycles. The summed E-state index contributed by atoms with van der Waals surface area (Å²) in [6.45, 7) is 0. The van der Waals surface area contributed by atoms with Gasteiger partial charge in [0, 0.05) is 5.88 Å². The molecule has 0 saturated heterocycles. The van der Waals surface area contributed by atoms with Crippen LogP contribution in [0.15, 0.2) is 18.3 Å². The van der Waals surface area contributed by atoms with Crippen molar-refractivity contribution < 1.29 is 15.3 Å². The van der Waals surface area contributed by atoms with E-state index in [1.54, 1.807) is 0 Å². The Bertz CT molecular complexity index is 278. The Morgan fingerprint density at radius 1 is 1.36 bits per heavy atom. The quantitative estimate of drug-likeness (QED) is 0.653. The summed E-state index contributed by atoms with van der Waals surface area (Å²) in [4.78, 5) is 3.78. The smallest absolute Gasteiger partial charge is 0.133 e. The second-order valence-corrected chi connectivity index (χ2v) is 3.31. The minimum absolute atomic E-state index is 0.0211. The molecule has 5 heteroatoms. The summed E-state index contributed by atoms with van der Waals surface area (Å²) in [5, 5.41) is 27.9. The molecule has 0 saturated carbocycles. The van der Waals surface area contributed by atoms with Gasteiger partial charge in [-0.15, -0.1) is 11.6 Å². The number of halogens is 1. The number of hydrogen-bond donors (Lipinski definition) is 3. The molecular formula is C9H12ClNO3. The van der Waals surface area contributed by atoms with E-state index in [-0.39, 0.29) is 11.6 Å². The molecule has 0 aliphatic heterocycles. The maximum Gasteiger partial charge on any atom is 0.133 e. The van der Waals surface area contributed by atoms with E-state index >= 15 is 0 Å². The second-order valence-electron chi connectivity index (χ2n) is 2.93. The van der Waals surface area contributed by atoms with Crippen molar-refractivity contribution in [2.45, 2.75) is 18.6 Å². The van der Waals surface area contributed by atoms with Crippen molar-refractivity contribution >= 4 is 11.6 Å². The van der Waals surface area contributed by atoms with E-state index in [9.17, 15) is 10.2 Å². The Morgan fingerprint density at radius 2 is 2.07 bits per heavy atom. The Morgan fingerprint density at radius 3 is 2.57 bits per heavy atom. The number of alkyl halides is 1. The number of aromatic hydroxyl groups is 1. The van der Waals surface area contributed by atoms with Gasteiger partial charge in [-0.25, -0.2) is 0 Å². The normalized spacial score (nSPS) is 15.1. The van der Waals surface area contributed by atoms with Crippen LogP contribution in [0.25, 0.3) is 0 Å². The maximum absolute atomic E-state index is 9.56. The highest BCUT2D eigenvalue weighted by atomic mass is 35.5. The lowest BCUT2D eigenvalue weighted by atomic mass is 10.1. The molecule has 0 amide bonds. The number of pyridine rings is 1. The molecule has 1 heterocycles. The Kier molecular flexibility index (Phi) is 4.13. The van der Waals surface area contributed by atoms with Gasteiger partial charge in [-0.3, -0.25) is 4.98 Å². The van der Waals surface area contributed by atoms with Gasteiger partial charge in [0.2, 0.25) is 0 Å². The fraction of sp³-hybridized carbons (Fsp3) is 0.444. The molecule has 78 valence electrons. The fourth-order valence-electron chi connectivity index (χ4n) is 1.04. The minimum Gasteiger partial charge on any atom is -0.506 e. The lowest BCUT2D eigenvalue weighted by Gasteiger charge is -2.15. The molecule has 0 fully saturated rings. The monoisotopic (exact) mass is 217 g/mol. The highest BCUT2D eigenvalue weighted by molar-refractivity contribution is 6.17. The number of rotatable bonds is 4. The molecule has 0 aromatic carbocycles. The Balaban J connectivity index is 2.68. The van der Waals surface area contributed by atoms with Crippen LogP contribution in [0, 0.1) is 0 Å². The van der Waals surface area contributed by atoms with Gasteiger partial charge >= 0.3 is 0 Å². The number of aliphatic hydroxyl groups excluding tert-OH is 2. The van der Waals surface area contributed by atoms with Crippen molar-refractivity contribution in [1.82, 2.24) is 4.98 Å². The molecule has 14 heavy (non-hydrogen) atoms. The summed E-state index contributed by atoms with van der Waals surface area (Å²) >= 11 is 5.42. The van der Waals surface area contributed by atoms with Crippen LogP contribution in [0.2, 0.25) is 0 Å². The zero-order chi connectivity index (χ0) is 10.6. The highest BCUT2D eigenvalue weighted by Crippen LogP contribution is 2.18. The van der Waals surface area contributed by atoms with Gasteiger partial charge in [0.25, 0.3) is 0 Å². The lowest BCUT2D eigenvalue weighted by molar-refractivity contribution is 0.0144. The van der Waals surface area contributed by atoms with Gasteiger partial charge < -0.3 is 15.3 Å². The average molecular weight is 218 g/mol. The van der Waals surface area contributed by atoms with Crippen molar-refractivity contribution in [3.05, 3.63) is 24.0 Å². The summed E-state index contributed by atoms with van der Waals surface area (Å²) in [7, 11) is 0. The van der Waals surface area contributed by atoms with Crippen molar-refractivity contribution in [3.63, 3.8) is 0 Å². The molecular weight excluding hydrogens is 206 g/mol. The van der Waals surface area contributed by atoms with Crippen LogP contribution in [-0.2, 0) is 0 Å². The van der Waals surface area contributed by atoms with Crippen LogP contribution >= 0.6 is 11.6 Å². The maximum atomic E-state index is 9.56. The molecule has 0 bridgehead atoms. The molecule has 0 aliphatic rings. The molecule has 1 aromatic heterocycles. The number of aromatic nitrogens is 1. The van der Waals surface area contributed by atoms with Gasteiger partial charge in [-0.1, -0.05) is 0 Å². The van der Waals surface area contributed by atoms with Gasteiger partial charge in [0.05, 0.1) is 18.0 Å². The van der Waals surface area contributed by atoms with E-state index in [2.05, 4.69) is 4.98 Å². The van der Waals surface area contributed by atoms with Crippen LogP contribution in [0.3, 0.4) is 0 Å². The van der Waals surface area contributed by atoms with E-state index in [0.29, 0.717) is 12.1 Å². The van der Waals surface area contributed by atoms with Crippen LogP contribution in [-0.4, -0.2) is 32.3 Å². The largest absolute Gasteiger partial charge is 0.506 e. The fourth-order valence-corrected chi connectivity index (χ4v) is 1.26. The zero-order valence-electron chi connectivity index (χ0n) is 7.47. The highest BCUT2D eigenvalue weighted by Gasteiger charge is 2.18. The molecule has 3 N–H and O–H groups in total. The number of nitrogens with zero attached hydrogens (tertiary/aromatic N) is 1. The first-order valence-corrected chi connectivity index (χ1v) is 4.75. The van der Waals surface area contributed by atoms with Gasteiger partial charge in [0.15, 0.2) is 0 Å². The zero-order valence-corrected chi connectivity index (χ0v) is 8.22. The predicted molar refractivity (Wildman–Crippen MR) is 52.2 cm³/mol. The first-order valence-electron chi connectivity index (χ1n) is 4.22. The second kappa shape index (κ2) is 5.14. The van der Waals surface area contributed by atoms with Crippen molar-refractivity contribution in [1.29, 1.82) is 0 Å². The molecule has 2 unspecified atom stereocenters. The van der Waals surface area contributed by atoms with Crippen molar-refractivity contribution in [2.75, 3.05) is 5.88 Å². The van der Waals surface area contributed by atoms with Crippen LogP contribution in [0.5, 0.6) is 5.75 Å². The molecule has 2 atom stereocenters. The number of hydrogen-bond acceptors (Lipinski definition) is 4. The summed E-state index contributed by atoms with van der Waals surface area (Å²) in [6, 6.07) is 2.86. The first kappa shape index (κ1) is 11.2. The molecule has 4 nitrogen and oxygen atoms in total. The lowest BCUT2D eigenvalue weighted by Crippen LogP contribution is -2.19. The standard InChI is InChI=1S/C9H12ClNO3/c10-4-3-8(13)9(14)7-2-1-6(12)5-11-7/h1-2,5,8-9,12-14H,3-4H2. The average Bonchev–Trinajstić information content (AvgIpc) is 2.18. The Labute approximate surface area is 86.8 Å².